The molecule has 2 atom stereocenters. The topological polar surface area (TPSA) is 49.3 Å². The second-order valence-electron chi connectivity index (χ2n) is 3.78. The molecule has 1 aromatic rings. The van der Waals surface area contributed by atoms with Crippen molar-refractivity contribution in [2.24, 2.45) is 0 Å². The van der Waals surface area contributed by atoms with Gasteiger partial charge in [0, 0.05) is 6.04 Å². The number of aliphatic hydroxyl groups excluding tert-OH is 1. The van der Waals surface area contributed by atoms with Gasteiger partial charge in [0.2, 0.25) is 5.91 Å². The van der Waals surface area contributed by atoms with E-state index in [4.69, 9.17) is 5.11 Å². The lowest BCUT2D eigenvalue weighted by molar-refractivity contribution is -0.129. The predicted octanol–water partition coefficient (Wildman–Crippen LogP) is 1.11. The summed E-state index contributed by atoms with van der Waals surface area (Å²) in [4.78, 5) is 11.2. The first kappa shape index (κ1) is 11.7. The zero-order valence-electron chi connectivity index (χ0n) is 9.10. The fraction of sp³-hybridized carbons (Fsp3) is 0.417. The van der Waals surface area contributed by atoms with Crippen LogP contribution in [0, 0.1) is 0 Å². The molecular weight excluding hydrogens is 190 g/mol. The molecule has 0 radical (unpaired) electrons. The first-order valence-corrected chi connectivity index (χ1v) is 5.12. The Morgan fingerprint density at radius 2 is 1.93 bits per heavy atom. The van der Waals surface area contributed by atoms with Crippen LogP contribution in [0.1, 0.15) is 19.4 Å². The van der Waals surface area contributed by atoms with Crippen molar-refractivity contribution in [3.8, 4) is 0 Å². The van der Waals surface area contributed by atoms with E-state index in [0.717, 1.165) is 6.42 Å². The lowest BCUT2D eigenvalue weighted by Gasteiger charge is -2.15. The van der Waals surface area contributed by atoms with Crippen molar-refractivity contribution in [3.05, 3.63) is 35.9 Å². The van der Waals surface area contributed by atoms with E-state index in [-0.39, 0.29) is 11.9 Å². The lowest BCUT2D eigenvalue weighted by atomic mass is 10.1. The molecule has 0 heterocycles. The Morgan fingerprint density at radius 3 is 2.47 bits per heavy atom. The average Bonchev–Trinajstić information content (AvgIpc) is 2.18. The van der Waals surface area contributed by atoms with Crippen LogP contribution in [0.15, 0.2) is 30.3 Å². The summed E-state index contributed by atoms with van der Waals surface area (Å²) in [6, 6.07) is 9.98. The van der Waals surface area contributed by atoms with Crippen molar-refractivity contribution < 1.29 is 9.90 Å². The summed E-state index contributed by atoms with van der Waals surface area (Å²) >= 11 is 0. The number of benzene rings is 1. The maximum atomic E-state index is 11.2. The van der Waals surface area contributed by atoms with Crippen LogP contribution >= 0.6 is 0 Å². The largest absolute Gasteiger partial charge is 0.384 e. The fourth-order valence-corrected chi connectivity index (χ4v) is 1.38. The van der Waals surface area contributed by atoms with Crippen molar-refractivity contribution in [2.45, 2.75) is 32.4 Å². The molecule has 0 fully saturated rings. The first-order valence-electron chi connectivity index (χ1n) is 5.12. The van der Waals surface area contributed by atoms with E-state index in [1.54, 1.807) is 0 Å². The van der Waals surface area contributed by atoms with Gasteiger partial charge in [-0.3, -0.25) is 4.79 Å². The van der Waals surface area contributed by atoms with Gasteiger partial charge in [0.05, 0.1) is 0 Å². The van der Waals surface area contributed by atoms with Gasteiger partial charge in [0.15, 0.2) is 0 Å². The lowest BCUT2D eigenvalue weighted by Crippen LogP contribution is -2.39. The molecular formula is C12H17NO2. The van der Waals surface area contributed by atoms with Gasteiger partial charge in [-0.05, 0) is 25.8 Å². The molecule has 0 aliphatic heterocycles. The van der Waals surface area contributed by atoms with E-state index < -0.39 is 6.10 Å². The fourth-order valence-electron chi connectivity index (χ4n) is 1.38. The first-order chi connectivity index (χ1) is 7.09. The normalized spacial score (nSPS) is 14.3. The van der Waals surface area contributed by atoms with Crippen LogP contribution in [0.5, 0.6) is 0 Å². The van der Waals surface area contributed by atoms with Crippen LogP contribution in [-0.4, -0.2) is 23.2 Å². The molecule has 1 rings (SSSR count). The highest BCUT2D eigenvalue weighted by Gasteiger charge is 2.11. The minimum atomic E-state index is -0.941. The molecule has 2 N–H and O–H groups in total. The van der Waals surface area contributed by atoms with Crippen molar-refractivity contribution >= 4 is 5.91 Å². The number of hydrogen-bond acceptors (Lipinski definition) is 2. The molecule has 0 aliphatic carbocycles. The van der Waals surface area contributed by atoms with Gasteiger partial charge >= 0.3 is 0 Å². The van der Waals surface area contributed by atoms with Crippen LogP contribution in [0.2, 0.25) is 0 Å². The third kappa shape index (κ3) is 4.13. The van der Waals surface area contributed by atoms with E-state index in [1.807, 2.05) is 37.3 Å². The number of carbonyl (C=O) groups is 1. The third-order valence-electron chi connectivity index (χ3n) is 2.15. The zero-order chi connectivity index (χ0) is 11.3. The van der Waals surface area contributed by atoms with Crippen molar-refractivity contribution in [2.75, 3.05) is 0 Å². The number of rotatable bonds is 4. The minimum Gasteiger partial charge on any atom is -0.384 e. The van der Waals surface area contributed by atoms with Gasteiger partial charge in [0.25, 0.3) is 0 Å². The molecule has 1 amide bonds. The highest BCUT2D eigenvalue weighted by molar-refractivity contribution is 5.80. The molecule has 0 aromatic heterocycles. The van der Waals surface area contributed by atoms with Crippen molar-refractivity contribution in [3.63, 3.8) is 0 Å². The minimum absolute atomic E-state index is 0.0366. The molecule has 0 saturated heterocycles. The van der Waals surface area contributed by atoms with Crippen LogP contribution in [0.25, 0.3) is 0 Å². The second kappa shape index (κ2) is 5.51. The van der Waals surface area contributed by atoms with Crippen molar-refractivity contribution in [1.29, 1.82) is 0 Å². The van der Waals surface area contributed by atoms with Crippen LogP contribution in [-0.2, 0) is 11.2 Å². The number of aliphatic hydroxyl groups is 1. The van der Waals surface area contributed by atoms with Crippen LogP contribution in [0.3, 0.4) is 0 Å². The Hall–Kier alpha value is -1.35. The zero-order valence-corrected chi connectivity index (χ0v) is 9.10. The molecule has 15 heavy (non-hydrogen) atoms. The maximum Gasteiger partial charge on any atom is 0.248 e. The van der Waals surface area contributed by atoms with Crippen LogP contribution < -0.4 is 5.32 Å². The summed E-state index contributed by atoms with van der Waals surface area (Å²) < 4.78 is 0. The Kier molecular flexibility index (Phi) is 4.31. The average molecular weight is 207 g/mol. The Morgan fingerprint density at radius 1 is 1.33 bits per heavy atom. The molecule has 0 aliphatic rings. The summed E-state index contributed by atoms with van der Waals surface area (Å²) in [5.41, 5.74) is 1.18. The summed E-state index contributed by atoms with van der Waals surface area (Å²) in [5, 5.41) is 11.8. The molecule has 0 bridgehead atoms. The highest BCUT2D eigenvalue weighted by atomic mass is 16.3. The van der Waals surface area contributed by atoms with E-state index in [9.17, 15) is 4.79 Å². The van der Waals surface area contributed by atoms with Gasteiger partial charge in [-0.2, -0.15) is 0 Å². The van der Waals surface area contributed by atoms with Crippen LogP contribution in [0.4, 0.5) is 0 Å². The third-order valence-corrected chi connectivity index (χ3v) is 2.15. The number of amides is 1. The quantitative estimate of drug-likeness (QED) is 0.777. The molecule has 82 valence electrons. The Bertz CT molecular complexity index is 309. The van der Waals surface area contributed by atoms with E-state index >= 15 is 0 Å². The maximum absolute atomic E-state index is 11.2. The van der Waals surface area contributed by atoms with E-state index in [1.165, 1.54) is 12.5 Å². The summed E-state index contributed by atoms with van der Waals surface area (Å²) in [7, 11) is 0. The molecule has 1 aromatic carbocycles. The van der Waals surface area contributed by atoms with Crippen molar-refractivity contribution in [1.82, 2.24) is 5.32 Å². The molecule has 3 heteroatoms. The van der Waals surface area contributed by atoms with E-state index in [2.05, 4.69) is 5.32 Å². The molecule has 2 unspecified atom stereocenters. The monoisotopic (exact) mass is 207 g/mol. The van der Waals surface area contributed by atoms with Gasteiger partial charge in [-0.1, -0.05) is 30.3 Å². The Balaban J connectivity index is 2.43. The molecule has 0 saturated carbocycles. The van der Waals surface area contributed by atoms with Gasteiger partial charge < -0.3 is 10.4 Å². The summed E-state index contributed by atoms with van der Waals surface area (Å²) in [6.07, 6.45) is -0.164. The molecule has 0 spiro atoms. The summed E-state index contributed by atoms with van der Waals surface area (Å²) in [5.74, 6) is -0.321. The summed E-state index contributed by atoms with van der Waals surface area (Å²) in [6.45, 7) is 3.39. The Labute approximate surface area is 90.1 Å². The van der Waals surface area contributed by atoms with Gasteiger partial charge in [-0.25, -0.2) is 0 Å². The number of nitrogens with one attached hydrogen (secondary N) is 1. The highest BCUT2D eigenvalue weighted by Crippen LogP contribution is 2.02. The van der Waals surface area contributed by atoms with Gasteiger partial charge in [-0.15, -0.1) is 0 Å². The number of hydrogen-bond donors (Lipinski definition) is 2. The van der Waals surface area contributed by atoms with E-state index in [0.29, 0.717) is 0 Å². The number of carbonyl (C=O) groups excluding carboxylic acids is 1. The second-order valence-corrected chi connectivity index (χ2v) is 3.78. The molecule has 3 nitrogen and oxygen atoms in total. The predicted molar refractivity (Wildman–Crippen MR) is 59.4 cm³/mol. The SMILES string of the molecule is CC(Cc1ccccc1)NC(=O)C(C)O. The standard InChI is InChI=1S/C12H17NO2/c1-9(13-12(15)10(2)14)8-11-6-4-3-5-7-11/h3-7,9-10,14H,8H2,1-2H3,(H,13,15). The smallest absolute Gasteiger partial charge is 0.248 e. The van der Waals surface area contributed by atoms with Gasteiger partial charge in [0.1, 0.15) is 6.10 Å².